The van der Waals surface area contributed by atoms with E-state index < -0.39 is 11.1 Å². The molecule has 1 aliphatic rings. The first kappa shape index (κ1) is 14.5. The molecule has 5 heteroatoms. The van der Waals surface area contributed by atoms with Crippen molar-refractivity contribution in [3.8, 4) is 5.75 Å². The van der Waals surface area contributed by atoms with E-state index >= 15 is 0 Å². The van der Waals surface area contributed by atoms with Crippen molar-refractivity contribution in [1.82, 2.24) is 5.01 Å². The maximum Gasteiger partial charge on any atom is 0.276 e. The van der Waals surface area contributed by atoms with Crippen LogP contribution in [-0.2, 0) is 0 Å². The van der Waals surface area contributed by atoms with Gasteiger partial charge in [-0.15, -0.1) is 0 Å². The molecule has 2 rings (SSSR count). The number of hydrogen-bond acceptors (Lipinski definition) is 4. The molecule has 0 spiro atoms. The molecule has 0 saturated carbocycles. The summed E-state index contributed by atoms with van der Waals surface area (Å²) in [6, 6.07) is 6.82. The van der Waals surface area contributed by atoms with Crippen LogP contribution in [0.25, 0.3) is 0 Å². The Kier molecular flexibility index (Phi) is 3.56. The molecule has 5 nitrogen and oxygen atoms in total. The first-order valence-electron chi connectivity index (χ1n) is 6.53. The van der Waals surface area contributed by atoms with Crippen LogP contribution in [0.1, 0.15) is 37.6 Å². The molecule has 1 unspecified atom stereocenters. The number of benzene rings is 1. The Balaban J connectivity index is 2.35. The Morgan fingerprint density at radius 1 is 1.45 bits per heavy atom. The molecular formula is C15H20N2O3. The molecule has 1 aliphatic heterocycles. The molecule has 108 valence electrons. The lowest BCUT2D eigenvalue weighted by Gasteiger charge is -2.41. The fourth-order valence-corrected chi connectivity index (χ4v) is 2.15. The van der Waals surface area contributed by atoms with Crippen molar-refractivity contribution in [1.29, 1.82) is 0 Å². The van der Waals surface area contributed by atoms with Crippen LogP contribution in [0, 0.1) is 5.41 Å². The van der Waals surface area contributed by atoms with Gasteiger partial charge in [0.25, 0.3) is 5.91 Å². The van der Waals surface area contributed by atoms with Crippen LogP contribution >= 0.6 is 0 Å². The largest absolute Gasteiger partial charge is 0.497 e. The summed E-state index contributed by atoms with van der Waals surface area (Å²) in [5.41, 5.74) is -1.38. The molecule has 0 aromatic heterocycles. The first-order valence-corrected chi connectivity index (χ1v) is 6.53. The van der Waals surface area contributed by atoms with Gasteiger partial charge in [0, 0.05) is 23.6 Å². The lowest BCUT2D eigenvalue weighted by atomic mass is 9.81. The van der Waals surface area contributed by atoms with Crippen LogP contribution in [0.5, 0.6) is 5.75 Å². The molecule has 1 amide bonds. The number of hydrogen-bond donors (Lipinski definition) is 1. The van der Waals surface area contributed by atoms with Gasteiger partial charge in [0.1, 0.15) is 5.75 Å². The summed E-state index contributed by atoms with van der Waals surface area (Å²) < 4.78 is 5.12. The zero-order chi connectivity index (χ0) is 15.0. The van der Waals surface area contributed by atoms with Crippen molar-refractivity contribution in [3.63, 3.8) is 0 Å². The van der Waals surface area contributed by atoms with Crippen molar-refractivity contribution in [3.05, 3.63) is 29.8 Å². The molecular weight excluding hydrogens is 256 g/mol. The number of hydrazone groups is 1. The SMILES string of the molecule is COc1cccc(C(=O)N2N=CCC2(O)C(C)(C)C)c1. The second-order valence-electron chi connectivity index (χ2n) is 5.92. The van der Waals surface area contributed by atoms with Crippen molar-refractivity contribution >= 4 is 12.1 Å². The van der Waals surface area contributed by atoms with Gasteiger partial charge in [-0.2, -0.15) is 10.1 Å². The van der Waals surface area contributed by atoms with Gasteiger partial charge in [0.15, 0.2) is 5.72 Å². The quantitative estimate of drug-likeness (QED) is 0.901. The Hall–Kier alpha value is -1.88. The molecule has 1 aromatic rings. The first-order chi connectivity index (χ1) is 9.29. The third kappa shape index (κ3) is 2.29. The van der Waals surface area contributed by atoms with Gasteiger partial charge in [-0.3, -0.25) is 4.79 Å². The third-order valence-corrected chi connectivity index (χ3v) is 3.63. The van der Waals surface area contributed by atoms with E-state index in [0.717, 1.165) is 0 Å². The molecule has 20 heavy (non-hydrogen) atoms. The summed E-state index contributed by atoms with van der Waals surface area (Å²) in [7, 11) is 1.54. The molecule has 0 saturated heterocycles. The Bertz CT molecular complexity index is 548. The van der Waals surface area contributed by atoms with Gasteiger partial charge in [-0.1, -0.05) is 26.8 Å². The van der Waals surface area contributed by atoms with Crippen LogP contribution in [0.15, 0.2) is 29.4 Å². The second-order valence-corrected chi connectivity index (χ2v) is 5.92. The molecule has 0 fully saturated rings. The van der Waals surface area contributed by atoms with E-state index in [4.69, 9.17) is 4.74 Å². The molecule has 1 heterocycles. The fraction of sp³-hybridized carbons (Fsp3) is 0.467. The van der Waals surface area contributed by atoms with E-state index in [1.54, 1.807) is 37.6 Å². The number of methoxy groups -OCH3 is 1. The third-order valence-electron chi connectivity index (χ3n) is 3.63. The van der Waals surface area contributed by atoms with Crippen LogP contribution in [-0.4, -0.2) is 35.1 Å². The Morgan fingerprint density at radius 3 is 2.75 bits per heavy atom. The summed E-state index contributed by atoms with van der Waals surface area (Å²) in [6.45, 7) is 5.65. The summed E-state index contributed by atoms with van der Waals surface area (Å²) in [6.07, 6.45) is 1.90. The lowest BCUT2D eigenvalue weighted by Crippen LogP contribution is -2.54. The highest BCUT2D eigenvalue weighted by Gasteiger charge is 2.50. The standard InChI is InChI=1S/C15H20N2O3/c1-14(2,3)15(19)8-9-16-17(15)13(18)11-6-5-7-12(10-11)20-4/h5-7,9-10,19H,8H2,1-4H3. The van der Waals surface area contributed by atoms with Crippen molar-refractivity contribution < 1.29 is 14.6 Å². The van der Waals surface area contributed by atoms with Crippen molar-refractivity contribution in [2.75, 3.05) is 7.11 Å². The lowest BCUT2D eigenvalue weighted by molar-refractivity contribution is -0.143. The molecule has 0 bridgehead atoms. The summed E-state index contributed by atoms with van der Waals surface area (Å²) >= 11 is 0. The average Bonchev–Trinajstić information content (AvgIpc) is 2.81. The van der Waals surface area contributed by atoms with E-state index in [9.17, 15) is 9.90 Å². The fourth-order valence-electron chi connectivity index (χ4n) is 2.15. The van der Waals surface area contributed by atoms with Gasteiger partial charge in [-0.25, -0.2) is 0 Å². The minimum absolute atomic E-state index is 0.326. The number of carbonyl (C=O) groups excluding carboxylic acids is 1. The zero-order valence-electron chi connectivity index (χ0n) is 12.3. The van der Waals surface area contributed by atoms with Crippen LogP contribution in [0.3, 0.4) is 0 Å². The van der Waals surface area contributed by atoms with E-state index in [2.05, 4.69) is 5.10 Å². The predicted molar refractivity (Wildman–Crippen MR) is 76.7 cm³/mol. The van der Waals surface area contributed by atoms with Crippen molar-refractivity contribution in [2.24, 2.45) is 10.5 Å². The van der Waals surface area contributed by atoms with Gasteiger partial charge in [0.2, 0.25) is 0 Å². The van der Waals surface area contributed by atoms with Crippen LogP contribution in [0.2, 0.25) is 0 Å². The molecule has 1 aromatic carbocycles. The van der Waals surface area contributed by atoms with Gasteiger partial charge in [-0.05, 0) is 18.2 Å². The smallest absolute Gasteiger partial charge is 0.276 e. The van der Waals surface area contributed by atoms with Crippen LogP contribution in [0.4, 0.5) is 0 Å². The number of rotatable bonds is 2. The van der Waals surface area contributed by atoms with E-state index in [-0.39, 0.29) is 5.91 Å². The minimum Gasteiger partial charge on any atom is -0.497 e. The number of amides is 1. The highest BCUT2D eigenvalue weighted by Crippen LogP contribution is 2.39. The number of aliphatic hydroxyl groups is 1. The maximum atomic E-state index is 12.6. The maximum absolute atomic E-state index is 12.6. The highest BCUT2D eigenvalue weighted by molar-refractivity contribution is 5.96. The van der Waals surface area contributed by atoms with E-state index in [1.165, 1.54) is 5.01 Å². The second kappa shape index (κ2) is 4.90. The zero-order valence-corrected chi connectivity index (χ0v) is 12.3. The number of carbonyl (C=O) groups is 1. The van der Waals surface area contributed by atoms with Gasteiger partial charge >= 0.3 is 0 Å². The molecule has 1 atom stereocenters. The minimum atomic E-state index is -1.31. The average molecular weight is 276 g/mol. The topological polar surface area (TPSA) is 62.1 Å². The van der Waals surface area contributed by atoms with Gasteiger partial charge in [0.05, 0.1) is 7.11 Å². The summed E-state index contributed by atoms with van der Waals surface area (Å²) in [5, 5.41) is 16.0. The van der Waals surface area contributed by atoms with E-state index in [1.807, 2.05) is 20.8 Å². The monoisotopic (exact) mass is 276 g/mol. The summed E-state index contributed by atoms with van der Waals surface area (Å²) in [5.74, 6) is 0.258. The normalized spacial score (nSPS) is 22.1. The number of ether oxygens (including phenoxy) is 1. The highest BCUT2D eigenvalue weighted by atomic mass is 16.5. The molecule has 1 N–H and O–H groups in total. The molecule has 0 radical (unpaired) electrons. The molecule has 0 aliphatic carbocycles. The Morgan fingerprint density at radius 2 is 2.15 bits per heavy atom. The van der Waals surface area contributed by atoms with E-state index in [0.29, 0.717) is 17.7 Å². The Labute approximate surface area is 118 Å². The van der Waals surface area contributed by atoms with Gasteiger partial charge < -0.3 is 9.84 Å². The van der Waals surface area contributed by atoms with Crippen molar-refractivity contribution in [2.45, 2.75) is 32.9 Å². The summed E-state index contributed by atoms with van der Waals surface area (Å²) in [4.78, 5) is 12.6. The van der Waals surface area contributed by atoms with Crippen LogP contribution < -0.4 is 4.74 Å². The predicted octanol–water partition coefficient (Wildman–Crippen LogP) is 2.26. The number of nitrogens with zero attached hydrogens (tertiary/aromatic N) is 2.